The van der Waals surface area contributed by atoms with Crippen LogP contribution in [0.5, 0.6) is 0 Å². The molecule has 0 aliphatic heterocycles. The highest BCUT2D eigenvalue weighted by Gasteiger charge is 2.14. The Hall–Kier alpha value is -1.43. The smallest absolute Gasteiger partial charge is 0.258 e. The molecule has 5 nitrogen and oxygen atoms in total. The van der Waals surface area contributed by atoms with Crippen LogP contribution in [0.25, 0.3) is 0 Å². The van der Waals surface area contributed by atoms with Gasteiger partial charge in [0.15, 0.2) is 9.84 Å². The first-order valence-electron chi connectivity index (χ1n) is 4.44. The minimum Gasteiger partial charge on any atom is -0.258 e. The van der Waals surface area contributed by atoms with Crippen molar-refractivity contribution in [2.24, 2.45) is 0 Å². The molecule has 0 aliphatic rings. The number of nitro groups is 1. The van der Waals surface area contributed by atoms with E-state index in [0.717, 1.165) is 0 Å². The number of hydrogen-bond donors (Lipinski definition) is 0. The van der Waals surface area contributed by atoms with Gasteiger partial charge in [0.2, 0.25) is 0 Å². The zero-order chi connectivity index (χ0) is 11.5. The maximum atomic E-state index is 11.5. The number of rotatable bonds is 4. The molecule has 0 amide bonds. The van der Waals surface area contributed by atoms with Crippen LogP contribution in [-0.4, -0.2) is 19.1 Å². The topological polar surface area (TPSA) is 77.3 Å². The Balaban J connectivity index is 3.04. The van der Waals surface area contributed by atoms with E-state index in [4.69, 9.17) is 0 Å². The molecule has 15 heavy (non-hydrogen) atoms. The Morgan fingerprint density at radius 3 is 2.20 bits per heavy atom. The van der Waals surface area contributed by atoms with Gasteiger partial charge < -0.3 is 0 Å². The highest BCUT2D eigenvalue weighted by molar-refractivity contribution is 7.91. The van der Waals surface area contributed by atoms with E-state index in [0.29, 0.717) is 6.42 Å². The van der Waals surface area contributed by atoms with Crippen LogP contribution in [0, 0.1) is 10.1 Å². The molecule has 0 saturated heterocycles. The predicted octanol–water partition coefficient (Wildman–Crippen LogP) is 1.78. The summed E-state index contributed by atoms with van der Waals surface area (Å²) < 4.78 is 23.1. The van der Waals surface area contributed by atoms with Gasteiger partial charge in [-0.1, -0.05) is 6.92 Å². The van der Waals surface area contributed by atoms with Crippen LogP contribution < -0.4 is 0 Å². The molecule has 0 atom stereocenters. The summed E-state index contributed by atoms with van der Waals surface area (Å²) >= 11 is 0. The van der Waals surface area contributed by atoms with Crippen molar-refractivity contribution in [3.63, 3.8) is 0 Å². The van der Waals surface area contributed by atoms with Gasteiger partial charge in [0.05, 0.1) is 15.6 Å². The first-order chi connectivity index (χ1) is 6.97. The first-order valence-corrected chi connectivity index (χ1v) is 6.10. The largest absolute Gasteiger partial charge is 0.269 e. The van der Waals surface area contributed by atoms with E-state index >= 15 is 0 Å². The van der Waals surface area contributed by atoms with E-state index in [1.165, 1.54) is 24.3 Å². The molecule has 0 aliphatic carbocycles. The van der Waals surface area contributed by atoms with Crippen molar-refractivity contribution < 1.29 is 13.3 Å². The van der Waals surface area contributed by atoms with Crippen molar-refractivity contribution in [2.75, 3.05) is 5.75 Å². The number of nitrogens with zero attached hydrogens (tertiary/aromatic N) is 1. The fourth-order valence-corrected chi connectivity index (χ4v) is 2.49. The van der Waals surface area contributed by atoms with Crippen LogP contribution in [0.3, 0.4) is 0 Å². The van der Waals surface area contributed by atoms with Gasteiger partial charge in [0, 0.05) is 12.1 Å². The Kier molecular flexibility index (Phi) is 3.41. The first kappa shape index (κ1) is 11.6. The third-order valence-corrected chi connectivity index (χ3v) is 3.82. The molecule has 0 saturated carbocycles. The lowest BCUT2D eigenvalue weighted by molar-refractivity contribution is -0.384. The van der Waals surface area contributed by atoms with Crippen molar-refractivity contribution >= 4 is 15.5 Å². The molecule has 82 valence electrons. The Morgan fingerprint density at radius 1 is 1.27 bits per heavy atom. The second kappa shape index (κ2) is 4.39. The molecule has 6 heteroatoms. The molecule has 1 rings (SSSR count). The zero-order valence-electron chi connectivity index (χ0n) is 8.21. The second-order valence-corrected chi connectivity index (χ2v) is 5.18. The average molecular weight is 229 g/mol. The third-order valence-electron chi connectivity index (χ3n) is 1.88. The van der Waals surface area contributed by atoms with E-state index in [9.17, 15) is 18.5 Å². The van der Waals surface area contributed by atoms with Gasteiger partial charge in [-0.15, -0.1) is 0 Å². The lowest BCUT2D eigenvalue weighted by Crippen LogP contribution is -2.05. The molecule has 0 fully saturated rings. The molecular formula is C9H11NO4S. The summed E-state index contributed by atoms with van der Waals surface area (Å²) in [6, 6.07) is 4.93. The minimum absolute atomic E-state index is 0.0603. The van der Waals surface area contributed by atoms with Gasteiger partial charge in [0.1, 0.15) is 0 Å². The van der Waals surface area contributed by atoms with Crippen molar-refractivity contribution in [1.82, 2.24) is 0 Å². The van der Waals surface area contributed by atoms with Crippen molar-refractivity contribution in [3.8, 4) is 0 Å². The Labute approximate surface area is 87.8 Å². The van der Waals surface area contributed by atoms with Crippen LogP contribution in [0.15, 0.2) is 29.2 Å². The molecule has 1 aromatic carbocycles. The fraction of sp³-hybridized carbons (Fsp3) is 0.333. The highest BCUT2D eigenvalue weighted by atomic mass is 32.2. The Bertz CT molecular complexity index is 450. The SMILES string of the molecule is CCCS(=O)(=O)c1ccc([N+](=O)[O-])cc1. The average Bonchev–Trinajstić information content (AvgIpc) is 2.18. The molecule has 0 aromatic heterocycles. The lowest BCUT2D eigenvalue weighted by atomic mass is 10.3. The number of sulfone groups is 1. The maximum absolute atomic E-state index is 11.5. The van der Waals surface area contributed by atoms with Crippen molar-refractivity contribution in [3.05, 3.63) is 34.4 Å². The van der Waals surface area contributed by atoms with Crippen LogP contribution >= 0.6 is 0 Å². The summed E-state index contributed by atoms with van der Waals surface area (Å²) in [5.41, 5.74) is -0.106. The second-order valence-electron chi connectivity index (χ2n) is 3.07. The Morgan fingerprint density at radius 2 is 1.80 bits per heavy atom. The monoisotopic (exact) mass is 229 g/mol. The summed E-state index contributed by atoms with van der Waals surface area (Å²) in [4.78, 5) is 9.92. The molecule has 1 aromatic rings. The van der Waals surface area contributed by atoms with Gasteiger partial charge in [-0.2, -0.15) is 0 Å². The molecule has 0 heterocycles. The van der Waals surface area contributed by atoms with E-state index < -0.39 is 14.8 Å². The van der Waals surface area contributed by atoms with Crippen molar-refractivity contribution in [2.45, 2.75) is 18.2 Å². The minimum atomic E-state index is -3.28. The van der Waals surface area contributed by atoms with Gasteiger partial charge in [-0.05, 0) is 18.6 Å². The molecular weight excluding hydrogens is 218 g/mol. The number of benzene rings is 1. The van der Waals surface area contributed by atoms with Gasteiger partial charge in [-0.3, -0.25) is 10.1 Å². The van der Waals surface area contributed by atoms with E-state index in [2.05, 4.69) is 0 Å². The molecule has 0 bridgehead atoms. The molecule has 0 radical (unpaired) electrons. The lowest BCUT2D eigenvalue weighted by Gasteiger charge is -2.01. The standard InChI is InChI=1S/C9H11NO4S/c1-2-7-15(13,14)9-5-3-8(4-6-9)10(11)12/h3-6H,2,7H2,1H3. The highest BCUT2D eigenvalue weighted by Crippen LogP contribution is 2.17. The summed E-state index contributed by atoms with van der Waals surface area (Å²) in [5.74, 6) is 0.0603. The normalized spacial score (nSPS) is 11.3. The van der Waals surface area contributed by atoms with Crippen LogP contribution in [0.2, 0.25) is 0 Å². The quantitative estimate of drug-likeness (QED) is 0.582. The fourth-order valence-electron chi connectivity index (χ4n) is 1.16. The van der Waals surface area contributed by atoms with E-state index in [-0.39, 0.29) is 16.3 Å². The molecule has 0 spiro atoms. The number of hydrogen-bond acceptors (Lipinski definition) is 4. The van der Waals surface area contributed by atoms with E-state index in [1.807, 2.05) is 0 Å². The van der Waals surface area contributed by atoms with Gasteiger partial charge >= 0.3 is 0 Å². The van der Waals surface area contributed by atoms with E-state index in [1.54, 1.807) is 6.92 Å². The third kappa shape index (κ3) is 2.76. The van der Waals surface area contributed by atoms with Gasteiger partial charge in [-0.25, -0.2) is 8.42 Å². The molecule has 0 N–H and O–H groups in total. The van der Waals surface area contributed by atoms with Crippen LogP contribution in [-0.2, 0) is 9.84 Å². The van der Waals surface area contributed by atoms with Gasteiger partial charge in [0.25, 0.3) is 5.69 Å². The van der Waals surface area contributed by atoms with Crippen LogP contribution in [0.4, 0.5) is 5.69 Å². The van der Waals surface area contributed by atoms with Crippen molar-refractivity contribution in [1.29, 1.82) is 0 Å². The summed E-state index contributed by atoms with van der Waals surface area (Å²) in [6.45, 7) is 1.77. The summed E-state index contributed by atoms with van der Waals surface area (Å²) in [5, 5.41) is 10.3. The predicted molar refractivity (Wildman–Crippen MR) is 55.4 cm³/mol. The molecule has 0 unspecified atom stereocenters. The maximum Gasteiger partial charge on any atom is 0.269 e. The summed E-state index contributed by atoms with van der Waals surface area (Å²) in [6.07, 6.45) is 0.527. The number of nitro benzene ring substituents is 1. The summed E-state index contributed by atoms with van der Waals surface area (Å²) in [7, 11) is -3.28. The van der Waals surface area contributed by atoms with Crippen LogP contribution in [0.1, 0.15) is 13.3 Å². The zero-order valence-corrected chi connectivity index (χ0v) is 9.03. The number of non-ortho nitro benzene ring substituents is 1.